The maximum Gasteiger partial charge on any atom is 0.333 e. The molecular formula is C13H30O5Si3. The molecular weight excluding hydrogens is 320 g/mol. The molecule has 1 N–H and O–H groups in total. The second-order valence-corrected chi connectivity index (χ2v) is 17.4. The van der Waals surface area contributed by atoms with Crippen molar-refractivity contribution in [2.24, 2.45) is 0 Å². The molecule has 0 fully saturated rings. The SMILES string of the molecule is C=C(C)C(=O)OCCC(O[Si](C)(C)C)(O[Si](C)(C)C)[SiH2]O. The summed E-state index contributed by atoms with van der Waals surface area (Å²) in [5, 5.41) is 0. The molecule has 0 aromatic rings. The Morgan fingerprint density at radius 3 is 1.86 bits per heavy atom. The summed E-state index contributed by atoms with van der Waals surface area (Å²) in [5.41, 5.74) is -0.594. The maximum absolute atomic E-state index is 11.5. The van der Waals surface area contributed by atoms with Crippen LogP contribution >= 0.6 is 0 Å². The highest BCUT2D eigenvalue weighted by Gasteiger charge is 2.40. The lowest BCUT2D eigenvalue weighted by Crippen LogP contribution is -2.54. The molecule has 0 aromatic carbocycles. The number of hydrogen-bond acceptors (Lipinski definition) is 5. The molecule has 0 spiro atoms. The number of ether oxygens (including phenoxy) is 1. The summed E-state index contributed by atoms with van der Waals surface area (Å²) in [5.74, 6) is -0.426. The molecule has 0 radical (unpaired) electrons. The van der Waals surface area contributed by atoms with Gasteiger partial charge in [0.05, 0.1) is 6.61 Å². The molecule has 0 bridgehead atoms. The first-order valence-corrected chi connectivity index (χ1v) is 15.3. The Hall–Kier alpha value is -0.259. The van der Waals surface area contributed by atoms with Crippen LogP contribution in [0.4, 0.5) is 0 Å². The van der Waals surface area contributed by atoms with Crippen LogP contribution < -0.4 is 0 Å². The summed E-state index contributed by atoms with van der Waals surface area (Å²) >= 11 is 0. The van der Waals surface area contributed by atoms with Crippen molar-refractivity contribution in [3.63, 3.8) is 0 Å². The highest BCUT2D eigenvalue weighted by molar-refractivity contribution is 6.71. The second-order valence-electron chi connectivity index (χ2n) is 7.16. The van der Waals surface area contributed by atoms with E-state index in [2.05, 4.69) is 45.9 Å². The Labute approximate surface area is 132 Å². The smallest absolute Gasteiger partial charge is 0.333 e. The van der Waals surface area contributed by atoms with Crippen LogP contribution in [0.15, 0.2) is 12.2 Å². The van der Waals surface area contributed by atoms with Crippen molar-refractivity contribution < 1.29 is 23.2 Å². The number of carbonyl (C=O) groups is 1. The molecule has 0 amide bonds. The van der Waals surface area contributed by atoms with E-state index >= 15 is 0 Å². The standard InChI is InChI=1S/C13H30O5Si3/c1-11(2)12(14)16-10-9-13(19-15,17-20(3,4)5)18-21(6,7)8/h15H,1,9-10,19H2,2-8H3. The summed E-state index contributed by atoms with van der Waals surface area (Å²) in [4.78, 5) is 21.4. The Kier molecular flexibility index (Phi) is 7.74. The zero-order chi connectivity index (χ0) is 16.9. The first kappa shape index (κ1) is 20.7. The van der Waals surface area contributed by atoms with E-state index < -0.39 is 37.8 Å². The van der Waals surface area contributed by atoms with Crippen molar-refractivity contribution >= 4 is 32.4 Å². The molecule has 124 valence electrons. The third kappa shape index (κ3) is 9.38. The fraction of sp³-hybridized carbons (Fsp3) is 0.769. The van der Waals surface area contributed by atoms with E-state index in [1.807, 2.05) is 0 Å². The van der Waals surface area contributed by atoms with E-state index in [4.69, 9.17) is 13.6 Å². The minimum Gasteiger partial charge on any atom is -0.462 e. The van der Waals surface area contributed by atoms with Crippen LogP contribution in [0.2, 0.25) is 39.3 Å². The van der Waals surface area contributed by atoms with E-state index in [1.165, 1.54) is 0 Å². The molecule has 0 rings (SSSR count). The Bertz CT molecular complexity index is 355. The van der Waals surface area contributed by atoms with Gasteiger partial charge in [0, 0.05) is 12.0 Å². The van der Waals surface area contributed by atoms with Gasteiger partial charge < -0.3 is 18.4 Å². The molecule has 0 aliphatic heterocycles. The predicted octanol–water partition coefficient (Wildman–Crippen LogP) is 1.93. The van der Waals surface area contributed by atoms with Crippen molar-refractivity contribution in [3.05, 3.63) is 12.2 Å². The summed E-state index contributed by atoms with van der Waals surface area (Å²) in [6.07, 6.45) is 0.364. The van der Waals surface area contributed by atoms with Gasteiger partial charge in [-0.15, -0.1) is 0 Å². The molecule has 5 nitrogen and oxygen atoms in total. The lowest BCUT2D eigenvalue weighted by Gasteiger charge is -2.41. The number of carbonyl (C=O) groups excluding carboxylic acids is 1. The van der Waals surface area contributed by atoms with E-state index in [9.17, 15) is 9.59 Å². The summed E-state index contributed by atoms with van der Waals surface area (Å²) in [7, 11) is -5.39. The lowest BCUT2D eigenvalue weighted by atomic mass is 10.3. The number of rotatable bonds is 9. The molecule has 8 heteroatoms. The molecule has 0 saturated carbocycles. The van der Waals surface area contributed by atoms with Crippen molar-refractivity contribution in [1.82, 2.24) is 0 Å². The summed E-state index contributed by atoms with van der Waals surface area (Å²) in [6.45, 7) is 17.6. The Morgan fingerprint density at radius 2 is 1.57 bits per heavy atom. The molecule has 0 aliphatic carbocycles. The van der Waals surface area contributed by atoms with Crippen LogP contribution in [0.25, 0.3) is 0 Å². The van der Waals surface area contributed by atoms with Crippen LogP contribution in [0.5, 0.6) is 0 Å². The van der Waals surface area contributed by atoms with Crippen LogP contribution in [0.3, 0.4) is 0 Å². The first-order valence-electron chi connectivity index (χ1n) is 7.14. The monoisotopic (exact) mass is 350 g/mol. The molecule has 0 aromatic heterocycles. The fourth-order valence-corrected chi connectivity index (χ4v) is 7.82. The third-order valence-electron chi connectivity index (χ3n) is 2.29. The molecule has 21 heavy (non-hydrogen) atoms. The van der Waals surface area contributed by atoms with Gasteiger partial charge in [-0.3, -0.25) is 0 Å². The predicted molar refractivity (Wildman–Crippen MR) is 92.7 cm³/mol. The zero-order valence-electron chi connectivity index (χ0n) is 14.4. The molecule has 0 unspecified atom stereocenters. The molecule has 0 saturated heterocycles. The van der Waals surface area contributed by atoms with Crippen LogP contribution in [-0.4, -0.2) is 49.2 Å². The quantitative estimate of drug-likeness (QED) is 0.298. The maximum atomic E-state index is 11.5. The highest BCUT2D eigenvalue weighted by atomic mass is 28.4. The average Bonchev–Trinajstić information content (AvgIpc) is 2.23. The summed E-state index contributed by atoms with van der Waals surface area (Å²) < 4.78 is 17.4. The van der Waals surface area contributed by atoms with Crippen LogP contribution in [-0.2, 0) is 18.4 Å². The van der Waals surface area contributed by atoms with Crippen molar-refractivity contribution in [2.75, 3.05) is 6.61 Å². The van der Waals surface area contributed by atoms with Gasteiger partial charge in [-0.1, -0.05) is 6.58 Å². The first-order chi connectivity index (χ1) is 9.30. The van der Waals surface area contributed by atoms with E-state index in [0.29, 0.717) is 12.0 Å². The van der Waals surface area contributed by atoms with Gasteiger partial charge in [0.2, 0.25) is 9.76 Å². The van der Waals surface area contributed by atoms with Crippen LogP contribution in [0.1, 0.15) is 13.3 Å². The van der Waals surface area contributed by atoms with Gasteiger partial charge in [0.15, 0.2) is 22.0 Å². The largest absolute Gasteiger partial charge is 0.462 e. The lowest BCUT2D eigenvalue weighted by molar-refractivity contribution is -0.142. The van der Waals surface area contributed by atoms with Gasteiger partial charge in [0.25, 0.3) is 0 Å². The fourth-order valence-electron chi connectivity index (χ4n) is 1.80. The van der Waals surface area contributed by atoms with Crippen LogP contribution in [0, 0.1) is 0 Å². The minimum absolute atomic E-state index is 0.161. The van der Waals surface area contributed by atoms with Crippen molar-refractivity contribution in [1.29, 1.82) is 0 Å². The van der Waals surface area contributed by atoms with E-state index in [1.54, 1.807) is 6.92 Å². The topological polar surface area (TPSA) is 65.0 Å². The number of esters is 1. The zero-order valence-corrected chi connectivity index (χ0v) is 17.8. The second kappa shape index (κ2) is 7.84. The van der Waals surface area contributed by atoms with Gasteiger partial charge in [0.1, 0.15) is 0 Å². The van der Waals surface area contributed by atoms with E-state index in [0.717, 1.165) is 0 Å². The molecule has 0 heterocycles. The summed E-state index contributed by atoms with van der Waals surface area (Å²) in [6, 6.07) is 0. The highest BCUT2D eigenvalue weighted by Crippen LogP contribution is 2.26. The third-order valence-corrected chi connectivity index (χ3v) is 5.96. The van der Waals surface area contributed by atoms with Gasteiger partial charge in [-0.2, -0.15) is 0 Å². The molecule has 0 aliphatic rings. The van der Waals surface area contributed by atoms with Crippen molar-refractivity contribution in [2.45, 2.75) is 58.0 Å². The Balaban J connectivity index is 4.94. The normalized spacial score (nSPS) is 13.7. The van der Waals surface area contributed by atoms with Crippen molar-refractivity contribution in [3.8, 4) is 0 Å². The average molecular weight is 351 g/mol. The Morgan fingerprint density at radius 1 is 1.14 bits per heavy atom. The van der Waals surface area contributed by atoms with Gasteiger partial charge in [-0.05, 0) is 46.2 Å². The van der Waals surface area contributed by atoms with Gasteiger partial charge in [-0.25, -0.2) is 4.79 Å². The van der Waals surface area contributed by atoms with Gasteiger partial charge >= 0.3 is 5.97 Å². The van der Waals surface area contributed by atoms with E-state index in [-0.39, 0.29) is 6.61 Å². The minimum atomic E-state index is -1.90. The molecule has 0 atom stereocenters. The number of hydrogen-bond donors (Lipinski definition) is 1.